The number of ether oxygens (including phenoxy) is 2. The molecule has 0 spiro atoms. The minimum atomic E-state index is -0.549. The molecule has 0 aliphatic carbocycles. The molecular formula is C24H22N2O6S. The van der Waals surface area contributed by atoms with E-state index in [1.165, 1.54) is 35.6 Å². The van der Waals surface area contributed by atoms with Gasteiger partial charge in [0.15, 0.2) is 0 Å². The van der Waals surface area contributed by atoms with E-state index in [-0.39, 0.29) is 17.9 Å². The Hall–Kier alpha value is -3.98. The zero-order chi connectivity index (χ0) is 24.0. The lowest BCUT2D eigenvalue weighted by molar-refractivity contribution is -0.384. The van der Waals surface area contributed by atoms with Gasteiger partial charge in [0.05, 0.1) is 18.6 Å². The minimum Gasteiger partial charge on any atom is -0.496 e. The number of aryl methyl sites for hydroxylation is 1. The normalized spacial score (nSPS) is 10.8. The lowest BCUT2D eigenvalue weighted by atomic mass is 10.0. The van der Waals surface area contributed by atoms with Gasteiger partial charge in [0.25, 0.3) is 5.69 Å². The van der Waals surface area contributed by atoms with Gasteiger partial charge in [-0.1, -0.05) is 11.6 Å². The molecule has 0 saturated heterocycles. The van der Waals surface area contributed by atoms with Crippen molar-refractivity contribution in [2.75, 3.05) is 19.0 Å². The van der Waals surface area contributed by atoms with Crippen LogP contribution in [-0.2, 0) is 9.53 Å². The summed E-state index contributed by atoms with van der Waals surface area (Å²) in [5.41, 5.74) is 3.16. The molecule has 9 heteroatoms. The lowest BCUT2D eigenvalue weighted by Crippen LogP contribution is -2.12. The zero-order valence-electron chi connectivity index (χ0n) is 18.3. The number of carbonyl (C=O) groups is 2. The number of carbonyl (C=O) groups excluding carboxylic acids is 2. The van der Waals surface area contributed by atoms with Crippen LogP contribution in [0.1, 0.15) is 28.4 Å². The minimum absolute atomic E-state index is 0.0339. The number of non-ortho nitro benzene ring substituents is 1. The Balaban J connectivity index is 1.90. The quantitative estimate of drug-likeness (QED) is 0.204. The molecule has 1 aromatic heterocycles. The first-order valence-corrected chi connectivity index (χ1v) is 10.9. The summed E-state index contributed by atoms with van der Waals surface area (Å²) in [4.78, 5) is 35.6. The predicted octanol–water partition coefficient (Wildman–Crippen LogP) is 5.47. The van der Waals surface area contributed by atoms with Gasteiger partial charge in [-0.05, 0) is 49.8 Å². The average Bonchev–Trinajstić information content (AvgIpc) is 3.21. The molecule has 3 rings (SSSR count). The molecule has 1 amide bonds. The van der Waals surface area contributed by atoms with Crippen molar-refractivity contribution in [2.24, 2.45) is 0 Å². The highest BCUT2D eigenvalue weighted by Gasteiger charge is 2.24. The average molecular weight is 467 g/mol. The number of rotatable bonds is 8. The molecule has 3 aromatic rings. The summed E-state index contributed by atoms with van der Waals surface area (Å²) < 4.78 is 10.7. The molecule has 0 aliphatic heterocycles. The Morgan fingerprint density at radius 2 is 1.88 bits per heavy atom. The summed E-state index contributed by atoms with van der Waals surface area (Å²) in [6.45, 7) is 3.83. The topological polar surface area (TPSA) is 108 Å². The van der Waals surface area contributed by atoms with Crippen LogP contribution in [0.4, 0.5) is 10.7 Å². The van der Waals surface area contributed by atoms with Gasteiger partial charge in [-0.25, -0.2) is 4.79 Å². The van der Waals surface area contributed by atoms with E-state index in [1.54, 1.807) is 31.5 Å². The second kappa shape index (κ2) is 10.6. The molecule has 1 heterocycles. The third-order valence-electron chi connectivity index (χ3n) is 4.68. The molecule has 0 bridgehead atoms. The molecule has 170 valence electrons. The van der Waals surface area contributed by atoms with Crippen LogP contribution >= 0.6 is 11.3 Å². The second-order valence-electron chi connectivity index (χ2n) is 6.95. The molecule has 33 heavy (non-hydrogen) atoms. The maximum absolute atomic E-state index is 12.8. The third-order valence-corrected chi connectivity index (χ3v) is 5.58. The number of nitrogens with zero attached hydrogens (tertiary/aromatic N) is 1. The molecule has 8 nitrogen and oxygen atoms in total. The summed E-state index contributed by atoms with van der Waals surface area (Å²) in [5.74, 6) is -0.407. The number of nitro groups is 1. The molecule has 0 fully saturated rings. The van der Waals surface area contributed by atoms with Crippen molar-refractivity contribution in [1.82, 2.24) is 0 Å². The lowest BCUT2D eigenvalue weighted by Gasteiger charge is -2.11. The van der Waals surface area contributed by atoms with Gasteiger partial charge in [0, 0.05) is 34.7 Å². The Bertz CT molecular complexity index is 1210. The highest BCUT2D eigenvalue weighted by atomic mass is 32.1. The number of hydrogen-bond acceptors (Lipinski definition) is 7. The van der Waals surface area contributed by atoms with Crippen molar-refractivity contribution in [3.8, 4) is 16.9 Å². The van der Waals surface area contributed by atoms with E-state index in [9.17, 15) is 19.7 Å². The van der Waals surface area contributed by atoms with Crippen molar-refractivity contribution >= 4 is 40.0 Å². The van der Waals surface area contributed by atoms with E-state index >= 15 is 0 Å². The Morgan fingerprint density at radius 1 is 1.15 bits per heavy atom. The Kier molecular flexibility index (Phi) is 7.57. The first kappa shape index (κ1) is 23.7. The van der Waals surface area contributed by atoms with Crippen LogP contribution in [-0.4, -0.2) is 30.5 Å². The van der Waals surface area contributed by atoms with Gasteiger partial charge < -0.3 is 14.8 Å². The maximum Gasteiger partial charge on any atom is 0.341 e. The van der Waals surface area contributed by atoms with Crippen LogP contribution in [0.3, 0.4) is 0 Å². The second-order valence-corrected chi connectivity index (χ2v) is 7.83. The molecule has 0 aliphatic rings. The zero-order valence-corrected chi connectivity index (χ0v) is 19.1. The summed E-state index contributed by atoms with van der Waals surface area (Å²) in [6, 6.07) is 11.4. The standard InChI is InChI=1S/C24H22N2O6S/c1-4-32-24(28)22-19(18-13-15(2)5-11-20(18)31-3)14-33-23(22)25-21(27)12-8-16-6-9-17(10-7-16)26(29)30/h5-14H,4H2,1-3H3,(H,25,27)/b12-8+. The van der Waals surface area contributed by atoms with Crippen LogP contribution in [0.25, 0.3) is 17.2 Å². The van der Waals surface area contributed by atoms with Crippen molar-refractivity contribution in [3.05, 3.63) is 80.7 Å². The molecule has 0 saturated carbocycles. The van der Waals surface area contributed by atoms with E-state index in [0.29, 0.717) is 21.9 Å². The number of amides is 1. The highest BCUT2D eigenvalue weighted by Crippen LogP contribution is 2.40. The van der Waals surface area contributed by atoms with Gasteiger partial charge in [0.2, 0.25) is 5.91 Å². The number of nitro benzene ring substituents is 1. The van der Waals surface area contributed by atoms with Crippen LogP contribution < -0.4 is 10.1 Å². The molecule has 1 N–H and O–H groups in total. The molecular weight excluding hydrogens is 444 g/mol. The largest absolute Gasteiger partial charge is 0.496 e. The number of nitrogens with one attached hydrogen (secondary N) is 1. The fourth-order valence-corrected chi connectivity index (χ4v) is 4.07. The van der Waals surface area contributed by atoms with Gasteiger partial charge in [-0.15, -0.1) is 11.3 Å². The van der Waals surface area contributed by atoms with Gasteiger partial charge in [-0.3, -0.25) is 14.9 Å². The van der Waals surface area contributed by atoms with E-state index in [0.717, 1.165) is 11.1 Å². The van der Waals surface area contributed by atoms with Crippen molar-refractivity contribution < 1.29 is 24.0 Å². The fourth-order valence-electron chi connectivity index (χ4n) is 3.12. The first-order valence-electron chi connectivity index (χ1n) is 10.0. The molecule has 0 radical (unpaired) electrons. The third kappa shape index (κ3) is 5.64. The predicted molar refractivity (Wildman–Crippen MR) is 128 cm³/mol. The van der Waals surface area contributed by atoms with Crippen molar-refractivity contribution in [1.29, 1.82) is 0 Å². The van der Waals surface area contributed by atoms with Crippen molar-refractivity contribution in [3.63, 3.8) is 0 Å². The summed E-state index contributed by atoms with van der Waals surface area (Å²) in [7, 11) is 1.55. The van der Waals surface area contributed by atoms with Crippen LogP contribution in [0.2, 0.25) is 0 Å². The number of esters is 1. The summed E-state index contributed by atoms with van der Waals surface area (Å²) in [6.07, 6.45) is 2.82. The van der Waals surface area contributed by atoms with Crippen LogP contribution in [0.5, 0.6) is 5.75 Å². The van der Waals surface area contributed by atoms with E-state index in [1.807, 2.05) is 25.1 Å². The van der Waals surface area contributed by atoms with E-state index in [2.05, 4.69) is 5.32 Å². The monoisotopic (exact) mass is 466 g/mol. The van der Waals surface area contributed by atoms with Crippen LogP contribution in [0.15, 0.2) is 53.9 Å². The van der Waals surface area contributed by atoms with Crippen LogP contribution in [0, 0.1) is 17.0 Å². The molecule has 0 atom stereocenters. The number of hydrogen-bond donors (Lipinski definition) is 1. The fraction of sp³-hybridized carbons (Fsp3) is 0.167. The van der Waals surface area contributed by atoms with Gasteiger partial charge >= 0.3 is 5.97 Å². The number of thiophene rings is 1. The number of anilines is 1. The first-order chi connectivity index (χ1) is 15.8. The van der Waals surface area contributed by atoms with Gasteiger partial charge in [-0.2, -0.15) is 0 Å². The summed E-state index contributed by atoms with van der Waals surface area (Å²) in [5, 5.41) is 15.6. The maximum atomic E-state index is 12.8. The van der Waals surface area contributed by atoms with Gasteiger partial charge in [0.1, 0.15) is 16.3 Å². The SMILES string of the molecule is CCOC(=O)c1c(-c2cc(C)ccc2OC)csc1NC(=O)/C=C/c1ccc([N+](=O)[O-])cc1. The summed E-state index contributed by atoms with van der Waals surface area (Å²) >= 11 is 1.21. The molecule has 2 aromatic carbocycles. The smallest absolute Gasteiger partial charge is 0.341 e. The Morgan fingerprint density at radius 3 is 2.52 bits per heavy atom. The Labute approximate surface area is 194 Å². The van der Waals surface area contributed by atoms with E-state index < -0.39 is 16.8 Å². The highest BCUT2D eigenvalue weighted by molar-refractivity contribution is 7.15. The number of benzene rings is 2. The van der Waals surface area contributed by atoms with E-state index in [4.69, 9.17) is 9.47 Å². The molecule has 0 unspecified atom stereocenters. The number of methoxy groups -OCH3 is 1. The van der Waals surface area contributed by atoms with Crippen molar-refractivity contribution in [2.45, 2.75) is 13.8 Å².